The highest BCUT2D eigenvalue weighted by atomic mass is 35.5. The highest BCUT2D eigenvalue weighted by Gasteiger charge is 2.32. The molecule has 1 aromatic heterocycles. The van der Waals surface area contributed by atoms with Gasteiger partial charge in [-0.2, -0.15) is 18.3 Å². The van der Waals surface area contributed by atoms with E-state index in [0.29, 0.717) is 5.69 Å². The summed E-state index contributed by atoms with van der Waals surface area (Å²) in [4.78, 5) is 0. The van der Waals surface area contributed by atoms with Crippen molar-refractivity contribution in [2.75, 3.05) is 0 Å². The second kappa shape index (κ2) is 5.39. The van der Waals surface area contributed by atoms with Crippen molar-refractivity contribution in [1.82, 2.24) is 9.78 Å². The first-order valence-corrected chi connectivity index (χ1v) is 6.67. The van der Waals surface area contributed by atoms with Crippen LogP contribution in [0.1, 0.15) is 22.5 Å². The van der Waals surface area contributed by atoms with Crippen molar-refractivity contribution in [2.24, 2.45) is 0 Å². The topological polar surface area (TPSA) is 17.8 Å². The first-order chi connectivity index (χ1) is 9.66. The predicted molar refractivity (Wildman–Crippen MR) is 78.2 cm³/mol. The summed E-state index contributed by atoms with van der Waals surface area (Å²) in [6, 6.07) is 1.67. The van der Waals surface area contributed by atoms with Gasteiger partial charge in [0.15, 0.2) is 0 Å². The minimum atomic E-state index is -4.51. The molecule has 0 amide bonds. The van der Waals surface area contributed by atoms with Crippen LogP contribution in [-0.4, -0.2) is 9.78 Å². The summed E-state index contributed by atoms with van der Waals surface area (Å²) < 4.78 is 39.6. The van der Waals surface area contributed by atoms with Gasteiger partial charge in [0.05, 0.1) is 27.0 Å². The van der Waals surface area contributed by atoms with Gasteiger partial charge in [-0.15, -0.1) is 0 Å². The van der Waals surface area contributed by atoms with Gasteiger partial charge in [-0.3, -0.25) is 0 Å². The quantitative estimate of drug-likeness (QED) is 0.713. The Hall–Kier alpha value is -1.46. The Morgan fingerprint density at radius 2 is 1.71 bits per heavy atom. The number of aryl methyl sites for hydroxylation is 1. The van der Waals surface area contributed by atoms with E-state index in [4.69, 9.17) is 23.2 Å². The Balaban J connectivity index is 2.72. The summed E-state index contributed by atoms with van der Waals surface area (Å²) in [7, 11) is 0. The minimum Gasteiger partial charge on any atom is -0.230 e. The van der Waals surface area contributed by atoms with Crippen LogP contribution in [0, 0.1) is 13.8 Å². The lowest BCUT2D eigenvalue weighted by Gasteiger charge is -2.13. The first kappa shape index (κ1) is 15.9. The molecule has 2 aromatic rings. The molecular formula is C14H11Cl2F3N2. The van der Waals surface area contributed by atoms with Gasteiger partial charge in [-0.1, -0.05) is 29.8 Å². The van der Waals surface area contributed by atoms with E-state index in [0.717, 1.165) is 23.4 Å². The highest BCUT2D eigenvalue weighted by Crippen LogP contribution is 2.38. The second-order valence-electron chi connectivity index (χ2n) is 4.50. The summed E-state index contributed by atoms with van der Waals surface area (Å²) in [5.41, 5.74) is 1.52. The van der Waals surface area contributed by atoms with E-state index >= 15 is 0 Å². The number of hydrogen-bond donors (Lipinski definition) is 0. The van der Waals surface area contributed by atoms with Gasteiger partial charge in [0.25, 0.3) is 0 Å². The monoisotopic (exact) mass is 334 g/mol. The largest absolute Gasteiger partial charge is 0.416 e. The van der Waals surface area contributed by atoms with Crippen molar-refractivity contribution in [3.05, 3.63) is 51.3 Å². The molecule has 0 radical (unpaired) electrons. The van der Waals surface area contributed by atoms with E-state index in [9.17, 15) is 13.2 Å². The van der Waals surface area contributed by atoms with E-state index < -0.39 is 11.7 Å². The van der Waals surface area contributed by atoms with Crippen molar-refractivity contribution in [3.63, 3.8) is 0 Å². The Morgan fingerprint density at radius 1 is 1.19 bits per heavy atom. The summed E-state index contributed by atoms with van der Waals surface area (Å²) in [5, 5.41) is 4.01. The van der Waals surface area contributed by atoms with Crippen LogP contribution in [0.2, 0.25) is 10.0 Å². The van der Waals surface area contributed by atoms with Crippen LogP contribution >= 0.6 is 23.2 Å². The molecule has 112 valence electrons. The fraction of sp³-hybridized carbons (Fsp3) is 0.214. The molecule has 0 aliphatic heterocycles. The maximum absolute atomic E-state index is 12.7. The predicted octanol–water partition coefficient (Wildman–Crippen LogP) is 5.46. The molecule has 0 spiro atoms. The number of nitrogens with zero attached hydrogens (tertiary/aromatic N) is 2. The lowest BCUT2D eigenvalue weighted by Crippen LogP contribution is -2.08. The lowest BCUT2D eigenvalue weighted by molar-refractivity contribution is -0.137. The van der Waals surface area contributed by atoms with Crippen molar-refractivity contribution in [3.8, 4) is 5.69 Å². The number of rotatable bonds is 2. The van der Waals surface area contributed by atoms with E-state index in [1.54, 1.807) is 13.0 Å². The van der Waals surface area contributed by atoms with Crippen molar-refractivity contribution in [1.29, 1.82) is 0 Å². The van der Waals surface area contributed by atoms with Crippen LogP contribution in [0.15, 0.2) is 18.7 Å². The summed E-state index contributed by atoms with van der Waals surface area (Å²) in [6.45, 7) is 7.30. The lowest BCUT2D eigenvalue weighted by atomic mass is 10.2. The SMILES string of the molecule is C=Cc1c(C)c(C)nn1-c1c(Cl)cc(C(F)(F)F)cc1Cl. The standard InChI is InChI=1S/C14H11Cl2F3N2/c1-4-12-7(2)8(3)20-21(12)13-10(15)5-9(6-11(13)16)14(17,18)19/h4-6H,1H2,2-3H3. The van der Waals surface area contributed by atoms with Gasteiger partial charge in [0.1, 0.15) is 5.69 Å². The van der Waals surface area contributed by atoms with Gasteiger partial charge < -0.3 is 0 Å². The van der Waals surface area contributed by atoms with Crippen molar-refractivity contribution < 1.29 is 13.2 Å². The molecular weight excluding hydrogens is 324 g/mol. The number of alkyl halides is 3. The molecule has 0 bridgehead atoms. The zero-order valence-corrected chi connectivity index (χ0v) is 12.7. The normalized spacial score (nSPS) is 11.8. The van der Waals surface area contributed by atoms with E-state index in [-0.39, 0.29) is 15.7 Å². The molecule has 0 aliphatic carbocycles. The van der Waals surface area contributed by atoms with Crippen LogP contribution < -0.4 is 0 Å². The third-order valence-corrected chi connectivity index (χ3v) is 3.73. The average molecular weight is 335 g/mol. The number of halogens is 5. The summed E-state index contributed by atoms with van der Waals surface area (Å²) in [6.07, 6.45) is -2.96. The summed E-state index contributed by atoms with van der Waals surface area (Å²) >= 11 is 12.0. The second-order valence-corrected chi connectivity index (χ2v) is 5.31. The zero-order chi connectivity index (χ0) is 15.9. The number of aromatic nitrogens is 2. The molecule has 0 saturated carbocycles. The molecule has 1 heterocycles. The van der Waals surface area contributed by atoms with Crippen LogP contribution in [-0.2, 0) is 6.18 Å². The first-order valence-electron chi connectivity index (χ1n) is 5.92. The molecule has 0 aliphatic rings. The van der Waals surface area contributed by atoms with Crippen molar-refractivity contribution in [2.45, 2.75) is 20.0 Å². The van der Waals surface area contributed by atoms with Gasteiger partial charge in [0.2, 0.25) is 0 Å². The molecule has 7 heteroatoms. The fourth-order valence-electron chi connectivity index (χ4n) is 1.96. The van der Waals surface area contributed by atoms with Crippen LogP contribution in [0.25, 0.3) is 11.8 Å². The summed E-state index contributed by atoms with van der Waals surface area (Å²) in [5.74, 6) is 0. The number of hydrogen-bond acceptors (Lipinski definition) is 1. The molecule has 2 nitrogen and oxygen atoms in total. The van der Waals surface area contributed by atoms with E-state index in [1.807, 2.05) is 6.92 Å². The zero-order valence-electron chi connectivity index (χ0n) is 11.2. The highest BCUT2D eigenvalue weighted by molar-refractivity contribution is 6.37. The van der Waals surface area contributed by atoms with E-state index in [2.05, 4.69) is 11.7 Å². The van der Waals surface area contributed by atoms with Gasteiger partial charge in [-0.25, -0.2) is 4.68 Å². The minimum absolute atomic E-state index is 0.125. The molecule has 0 N–H and O–H groups in total. The average Bonchev–Trinajstić information content (AvgIpc) is 2.63. The third kappa shape index (κ3) is 2.80. The van der Waals surface area contributed by atoms with Gasteiger partial charge >= 0.3 is 6.18 Å². The molecule has 21 heavy (non-hydrogen) atoms. The van der Waals surface area contributed by atoms with Gasteiger partial charge in [-0.05, 0) is 37.6 Å². The van der Waals surface area contributed by atoms with Crippen molar-refractivity contribution >= 4 is 29.3 Å². The smallest absolute Gasteiger partial charge is 0.230 e. The Labute approximate surface area is 129 Å². The maximum Gasteiger partial charge on any atom is 0.416 e. The Bertz CT molecular complexity index is 695. The molecule has 0 unspecified atom stereocenters. The van der Waals surface area contributed by atoms with Crippen LogP contribution in [0.4, 0.5) is 13.2 Å². The van der Waals surface area contributed by atoms with Crippen LogP contribution in [0.5, 0.6) is 0 Å². The molecule has 0 fully saturated rings. The maximum atomic E-state index is 12.7. The molecule has 2 rings (SSSR count). The van der Waals surface area contributed by atoms with Gasteiger partial charge in [0, 0.05) is 0 Å². The molecule has 1 aromatic carbocycles. The molecule has 0 atom stereocenters. The number of benzene rings is 1. The third-order valence-electron chi connectivity index (χ3n) is 3.15. The molecule has 0 saturated heterocycles. The Morgan fingerprint density at radius 3 is 2.14 bits per heavy atom. The Kier molecular flexibility index (Phi) is 4.08. The van der Waals surface area contributed by atoms with Crippen LogP contribution in [0.3, 0.4) is 0 Å². The van der Waals surface area contributed by atoms with E-state index in [1.165, 1.54) is 4.68 Å². The fourth-order valence-corrected chi connectivity index (χ4v) is 2.61.